The van der Waals surface area contributed by atoms with E-state index in [0.717, 1.165) is 11.3 Å². The molecule has 0 atom stereocenters. The molecule has 3 N–H and O–H groups in total. The van der Waals surface area contributed by atoms with Gasteiger partial charge in [-0.25, -0.2) is 8.42 Å². The van der Waals surface area contributed by atoms with Crippen molar-refractivity contribution in [3.8, 4) is 0 Å². The molecule has 0 bridgehead atoms. The Hall–Kier alpha value is -1.64. The van der Waals surface area contributed by atoms with Crippen LogP contribution in [0.5, 0.6) is 0 Å². The molecular weight excluding hydrogens is 304 g/mol. The van der Waals surface area contributed by atoms with E-state index in [-0.39, 0.29) is 18.3 Å². The van der Waals surface area contributed by atoms with Crippen molar-refractivity contribution in [2.45, 2.75) is 6.92 Å². The highest BCUT2D eigenvalue weighted by atomic mass is 32.2. The van der Waals surface area contributed by atoms with Crippen LogP contribution in [0.25, 0.3) is 0 Å². The second kappa shape index (κ2) is 7.57. The van der Waals surface area contributed by atoms with Gasteiger partial charge in [0.25, 0.3) is 0 Å². The summed E-state index contributed by atoms with van der Waals surface area (Å²) < 4.78 is 30.8. The third kappa shape index (κ3) is 4.97. The first kappa shape index (κ1) is 16.7. The largest absolute Gasteiger partial charge is 0.379 e. The van der Waals surface area contributed by atoms with Crippen molar-refractivity contribution in [3.63, 3.8) is 0 Å². The molecule has 0 aliphatic carbocycles. The minimum absolute atomic E-state index is 0.0524. The molecule has 1 aromatic rings. The average molecular weight is 326 g/mol. The van der Waals surface area contributed by atoms with E-state index in [1.807, 2.05) is 31.2 Å². The van der Waals surface area contributed by atoms with Gasteiger partial charge in [0.15, 0.2) is 5.96 Å². The monoisotopic (exact) mass is 326 g/mol. The SMILES string of the molecule is Cc1cccc(NC(N)=NCCS(=O)(=O)N2CCOCC2)c1. The van der Waals surface area contributed by atoms with E-state index in [2.05, 4.69) is 10.3 Å². The van der Waals surface area contributed by atoms with Gasteiger partial charge in [0, 0.05) is 18.8 Å². The molecule has 0 unspecified atom stereocenters. The highest BCUT2D eigenvalue weighted by Crippen LogP contribution is 2.09. The van der Waals surface area contributed by atoms with Crippen LogP contribution in [0.2, 0.25) is 0 Å². The zero-order chi connectivity index (χ0) is 16.0. The lowest BCUT2D eigenvalue weighted by molar-refractivity contribution is 0.0731. The van der Waals surface area contributed by atoms with Crippen LogP contribution in [0.3, 0.4) is 0 Å². The Bertz CT molecular complexity index is 625. The molecule has 1 saturated heterocycles. The molecule has 1 heterocycles. The Kier molecular flexibility index (Phi) is 5.76. The lowest BCUT2D eigenvalue weighted by Crippen LogP contribution is -2.42. The Balaban J connectivity index is 1.85. The minimum atomic E-state index is -3.30. The van der Waals surface area contributed by atoms with E-state index in [1.165, 1.54) is 4.31 Å². The number of morpholine rings is 1. The summed E-state index contributed by atoms with van der Waals surface area (Å²) in [5, 5.41) is 2.95. The van der Waals surface area contributed by atoms with Gasteiger partial charge in [-0.05, 0) is 24.6 Å². The summed E-state index contributed by atoms with van der Waals surface area (Å²) in [4.78, 5) is 4.08. The summed E-state index contributed by atoms with van der Waals surface area (Å²) in [5.74, 6) is 0.159. The van der Waals surface area contributed by atoms with Crippen LogP contribution in [0.1, 0.15) is 5.56 Å². The number of anilines is 1. The smallest absolute Gasteiger partial charge is 0.216 e. The standard InChI is InChI=1S/C14H22N4O3S/c1-12-3-2-4-13(11-12)17-14(15)16-5-10-22(19,20)18-6-8-21-9-7-18/h2-4,11H,5-10H2,1H3,(H3,15,16,17). The van der Waals surface area contributed by atoms with Crippen LogP contribution in [-0.4, -0.2) is 57.3 Å². The van der Waals surface area contributed by atoms with Crippen molar-refractivity contribution in [1.29, 1.82) is 0 Å². The zero-order valence-electron chi connectivity index (χ0n) is 12.7. The van der Waals surface area contributed by atoms with Gasteiger partial charge in [-0.2, -0.15) is 4.31 Å². The van der Waals surface area contributed by atoms with E-state index in [9.17, 15) is 8.42 Å². The number of sulfonamides is 1. The van der Waals surface area contributed by atoms with Gasteiger partial charge >= 0.3 is 0 Å². The normalized spacial score (nSPS) is 17.4. The fourth-order valence-electron chi connectivity index (χ4n) is 2.15. The van der Waals surface area contributed by atoms with E-state index in [0.29, 0.717) is 26.3 Å². The number of benzene rings is 1. The van der Waals surface area contributed by atoms with Crippen LogP contribution < -0.4 is 11.1 Å². The third-order valence-corrected chi connectivity index (χ3v) is 5.14. The molecule has 2 rings (SSSR count). The molecule has 0 saturated carbocycles. The van der Waals surface area contributed by atoms with Crippen molar-refractivity contribution < 1.29 is 13.2 Å². The van der Waals surface area contributed by atoms with Crippen LogP contribution in [0.4, 0.5) is 5.69 Å². The number of nitrogens with one attached hydrogen (secondary N) is 1. The maximum absolute atomic E-state index is 12.1. The van der Waals surface area contributed by atoms with Crippen molar-refractivity contribution in [1.82, 2.24) is 4.31 Å². The van der Waals surface area contributed by atoms with Crippen LogP contribution in [0.15, 0.2) is 29.3 Å². The molecule has 7 nitrogen and oxygen atoms in total. The number of hydrogen-bond acceptors (Lipinski definition) is 4. The summed E-state index contributed by atoms with van der Waals surface area (Å²) >= 11 is 0. The maximum atomic E-state index is 12.1. The molecule has 8 heteroatoms. The molecule has 0 radical (unpaired) electrons. The fraction of sp³-hybridized carbons (Fsp3) is 0.500. The van der Waals surface area contributed by atoms with E-state index < -0.39 is 10.0 Å². The van der Waals surface area contributed by atoms with Gasteiger partial charge in [-0.3, -0.25) is 4.99 Å². The molecule has 1 fully saturated rings. The summed E-state index contributed by atoms with van der Waals surface area (Å²) in [6, 6.07) is 7.70. The molecule has 0 spiro atoms. The Labute approximate surface area is 131 Å². The fourth-order valence-corrected chi connectivity index (χ4v) is 3.43. The molecule has 1 aliphatic heterocycles. The Morgan fingerprint density at radius 2 is 2.14 bits per heavy atom. The summed E-state index contributed by atoms with van der Waals surface area (Å²) in [7, 11) is -3.30. The number of guanidine groups is 1. The summed E-state index contributed by atoms with van der Waals surface area (Å²) in [6.45, 7) is 3.81. The number of aliphatic imine (C=N–C) groups is 1. The van der Waals surface area contributed by atoms with Crippen molar-refractivity contribution in [3.05, 3.63) is 29.8 Å². The van der Waals surface area contributed by atoms with E-state index >= 15 is 0 Å². The second-order valence-corrected chi connectivity index (χ2v) is 7.18. The van der Waals surface area contributed by atoms with Gasteiger partial charge in [-0.1, -0.05) is 12.1 Å². The topological polar surface area (TPSA) is 97.0 Å². The first-order valence-electron chi connectivity index (χ1n) is 7.16. The molecule has 1 aromatic carbocycles. The van der Waals surface area contributed by atoms with Gasteiger partial charge < -0.3 is 15.8 Å². The predicted molar refractivity (Wildman–Crippen MR) is 87.5 cm³/mol. The first-order valence-corrected chi connectivity index (χ1v) is 8.77. The van der Waals surface area contributed by atoms with Crippen LogP contribution in [-0.2, 0) is 14.8 Å². The maximum Gasteiger partial charge on any atom is 0.216 e. The number of rotatable bonds is 5. The highest BCUT2D eigenvalue weighted by Gasteiger charge is 2.23. The third-order valence-electron chi connectivity index (χ3n) is 3.29. The lowest BCUT2D eigenvalue weighted by Gasteiger charge is -2.25. The number of ether oxygens (including phenoxy) is 1. The molecular formula is C14H22N4O3S. The number of nitrogens with zero attached hydrogens (tertiary/aromatic N) is 2. The molecule has 22 heavy (non-hydrogen) atoms. The predicted octanol–water partition coefficient (Wildman–Crippen LogP) is 0.384. The summed E-state index contributed by atoms with van der Waals surface area (Å²) in [6.07, 6.45) is 0. The van der Waals surface area contributed by atoms with Gasteiger partial charge in [-0.15, -0.1) is 0 Å². The van der Waals surface area contributed by atoms with Crippen molar-refractivity contribution in [2.75, 3.05) is 43.9 Å². The first-order chi connectivity index (χ1) is 10.5. The quantitative estimate of drug-likeness (QED) is 0.602. The highest BCUT2D eigenvalue weighted by molar-refractivity contribution is 7.89. The Morgan fingerprint density at radius 3 is 2.82 bits per heavy atom. The van der Waals surface area contributed by atoms with Gasteiger partial charge in [0.05, 0.1) is 25.5 Å². The number of aryl methyl sites for hydroxylation is 1. The lowest BCUT2D eigenvalue weighted by atomic mass is 10.2. The number of nitrogens with two attached hydrogens (primary N) is 1. The molecule has 1 aliphatic rings. The van der Waals surface area contributed by atoms with Crippen LogP contribution >= 0.6 is 0 Å². The van der Waals surface area contributed by atoms with E-state index in [1.54, 1.807) is 0 Å². The zero-order valence-corrected chi connectivity index (χ0v) is 13.5. The van der Waals surface area contributed by atoms with Crippen molar-refractivity contribution >= 4 is 21.7 Å². The summed E-state index contributed by atoms with van der Waals surface area (Å²) in [5.41, 5.74) is 7.71. The minimum Gasteiger partial charge on any atom is -0.379 e. The molecule has 0 amide bonds. The van der Waals surface area contributed by atoms with Gasteiger partial charge in [0.1, 0.15) is 0 Å². The number of hydrogen-bond donors (Lipinski definition) is 2. The Morgan fingerprint density at radius 1 is 1.41 bits per heavy atom. The molecule has 122 valence electrons. The average Bonchev–Trinajstić information content (AvgIpc) is 2.48. The van der Waals surface area contributed by atoms with Gasteiger partial charge in [0.2, 0.25) is 10.0 Å². The van der Waals surface area contributed by atoms with E-state index in [4.69, 9.17) is 10.5 Å². The van der Waals surface area contributed by atoms with Crippen LogP contribution in [0, 0.1) is 6.92 Å². The van der Waals surface area contributed by atoms with Crippen molar-refractivity contribution in [2.24, 2.45) is 10.7 Å². The second-order valence-electron chi connectivity index (χ2n) is 5.09. The molecule has 0 aromatic heterocycles.